The van der Waals surface area contributed by atoms with Crippen LogP contribution in [0.4, 0.5) is 0 Å². The molecule has 0 aliphatic carbocycles. The van der Waals surface area contributed by atoms with E-state index in [1.165, 1.54) is 0 Å². The van der Waals surface area contributed by atoms with Crippen LogP contribution >= 0.6 is 0 Å². The summed E-state index contributed by atoms with van der Waals surface area (Å²) in [6, 6.07) is -0.165. The van der Waals surface area contributed by atoms with Gasteiger partial charge in [-0.05, 0) is 25.7 Å². The van der Waals surface area contributed by atoms with Crippen LogP contribution in [0.15, 0.2) is 0 Å². The molecule has 5 nitrogen and oxygen atoms in total. The van der Waals surface area contributed by atoms with Gasteiger partial charge in [0.25, 0.3) is 0 Å². The van der Waals surface area contributed by atoms with Gasteiger partial charge in [-0.15, -0.1) is 0 Å². The second kappa shape index (κ2) is 7.36. The maximum Gasteiger partial charge on any atom is 0.239 e. The standard InChI is InChI=1S/C13H25N3O2/c1-3-5-12(17)15-10-6-8-16(9-7-10)13(18)11(14)4-2/h10-11H,3-9,14H2,1-2H3,(H,15,17). The number of nitrogens with two attached hydrogens (primary N) is 1. The number of nitrogens with zero attached hydrogens (tertiary/aromatic N) is 1. The van der Waals surface area contributed by atoms with Crippen LogP contribution in [-0.2, 0) is 9.59 Å². The van der Waals surface area contributed by atoms with Crippen molar-refractivity contribution in [3.63, 3.8) is 0 Å². The largest absolute Gasteiger partial charge is 0.353 e. The summed E-state index contributed by atoms with van der Waals surface area (Å²) in [6.07, 6.45) is 3.79. The Balaban J connectivity index is 2.32. The molecule has 0 aromatic heterocycles. The van der Waals surface area contributed by atoms with Gasteiger partial charge in [-0.2, -0.15) is 0 Å². The Morgan fingerprint density at radius 3 is 2.44 bits per heavy atom. The van der Waals surface area contributed by atoms with Crippen LogP contribution in [0.1, 0.15) is 46.0 Å². The van der Waals surface area contributed by atoms with Gasteiger partial charge in [0.05, 0.1) is 6.04 Å². The van der Waals surface area contributed by atoms with E-state index in [0.717, 1.165) is 19.3 Å². The Bertz CT molecular complexity index is 286. The highest BCUT2D eigenvalue weighted by molar-refractivity contribution is 5.81. The predicted molar refractivity (Wildman–Crippen MR) is 70.9 cm³/mol. The first kappa shape index (κ1) is 15.0. The van der Waals surface area contributed by atoms with Crippen LogP contribution in [0.2, 0.25) is 0 Å². The summed E-state index contributed by atoms with van der Waals surface area (Å²) in [5.41, 5.74) is 5.74. The molecule has 0 spiro atoms. The summed E-state index contributed by atoms with van der Waals surface area (Å²) >= 11 is 0. The summed E-state index contributed by atoms with van der Waals surface area (Å²) in [5, 5.41) is 3.01. The average Bonchev–Trinajstić information content (AvgIpc) is 2.38. The smallest absolute Gasteiger partial charge is 0.239 e. The van der Waals surface area contributed by atoms with Gasteiger partial charge < -0.3 is 16.0 Å². The first-order valence-electron chi connectivity index (χ1n) is 6.92. The third-order valence-electron chi connectivity index (χ3n) is 3.41. The SMILES string of the molecule is CCCC(=O)NC1CCN(C(=O)C(N)CC)CC1. The molecule has 1 fully saturated rings. The first-order chi connectivity index (χ1) is 8.58. The highest BCUT2D eigenvalue weighted by atomic mass is 16.2. The van der Waals surface area contributed by atoms with Crippen molar-refractivity contribution in [2.75, 3.05) is 13.1 Å². The van der Waals surface area contributed by atoms with Crippen LogP contribution < -0.4 is 11.1 Å². The summed E-state index contributed by atoms with van der Waals surface area (Å²) in [5.74, 6) is 0.156. The second-order valence-corrected chi connectivity index (χ2v) is 4.93. The van der Waals surface area contributed by atoms with Crippen LogP contribution in [0.3, 0.4) is 0 Å². The molecule has 5 heteroatoms. The van der Waals surface area contributed by atoms with Crippen molar-refractivity contribution in [1.82, 2.24) is 10.2 Å². The van der Waals surface area contributed by atoms with Crippen LogP contribution in [0, 0.1) is 0 Å². The van der Waals surface area contributed by atoms with E-state index in [-0.39, 0.29) is 23.9 Å². The minimum atomic E-state index is -0.378. The molecule has 0 saturated carbocycles. The van der Waals surface area contributed by atoms with E-state index in [9.17, 15) is 9.59 Å². The maximum atomic E-state index is 11.9. The fraction of sp³-hybridized carbons (Fsp3) is 0.846. The summed E-state index contributed by atoms with van der Waals surface area (Å²) in [6.45, 7) is 5.31. The fourth-order valence-corrected chi connectivity index (χ4v) is 2.18. The predicted octanol–water partition coefficient (Wildman–Crippen LogP) is 0.631. The third-order valence-corrected chi connectivity index (χ3v) is 3.41. The Hall–Kier alpha value is -1.10. The van der Waals surface area contributed by atoms with Crippen LogP contribution in [-0.4, -0.2) is 41.9 Å². The van der Waals surface area contributed by atoms with Crippen molar-refractivity contribution in [1.29, 1.82) is 0 Å². The average molecular weight is 255 g/mol. The van der Waals surface area contributed by atoms with Crippen molar-refractivity contribution in [2.24, 2.45) is 5.73 Å². The molecule has 1 atom stereocenters. The topological polar surface area (TPSA) is 75.4 Å². The van der Waals surface area contributed by atoms with Crippen molar-refractivity contribution in [3.05, 3.63) is 0 Å². The van der Waals surface area contributed by atoms with Gasteiger partial charge in [-0.3, -0.25) is 9.59 Å². The van der Waals surface area contributed by atoms with Crippen LogP contribution in [0.25, 0.3) is 0 Å². The normalized spacial score (nSPS) is 18.5. The van der Waals surface area contributed by atoms with E-state index in [1.54, 1.807) is 0 Å². The molecule has 0 aromatic carbocycles. The van der Waals surface area contributed by atoms with Gasteiger partial charge in [0.15, 0.2) is 0 Å². The van der Waals surface area contributed by atoms with E-state index >= 15 is 0 Å². The molecular weight excluding hydrogens is 230 g/mol. The number of amides is 2. The number of piperidine rings is 1. The van der Waals surface area contributed by atoms with E-state index < -0.39 is 0 Å². The zero-order chi connectivity index (χ0) is 13.5. The lowest BCUT2D eigenvalue weighted by atomic mass is 10.0. The molecule has 1 aliphatic heterocycles. The van der Waals surface area contributed by atoms with E-state index in [1.807, 2.05) is 18.7 Å². The maximum absolute atomic E-state index is 11.9. The number of carbonyl (C=O) groups is 2. The van der Waals surface area contributed by atoms with Gasteiger partial charge >= 0.3 is 0 Å². The fourth-order valence-electron chi connectivity index (χ4n) is 2.18. The highest BCUT2D eigenvalue weighted by Crippen LogP contribution is 2.12. The molecule has 0 aromatic rings. The van der Waals surface area contributed by atoms with Crippen molar-refractivity contribution < 1.29 is 9.59 Å². The van der Waals surface area contributed by atoms with Gasteiger partial charge in [0, 0.05) is 25.6 Å². The zero-order valence-corrected chi connectivity index (χ0v) is 11.4. The molecule has 1 saturated heterocycles. The number of carbonyl (C=O) groups excluding carboxylic acids is 2. The highest BCUT2D eigenvalue weighted by Gasteiger charge is 2.25. The van der Waals surface area contributed by atoms with Crippen LogP contribution in [0.5, 0.6) is 0 Å². The molecule has 104 valence electrons. The summed E-state index contributed by atoms with van der Waals surface area (Å²) in [7, 11) is 0. The number of nitrogens with one attached hydrogen (secondary N) is 1. The Morgan fingerprint density at radius 1 is 1.33 bits per heavy atom. The number of hydrogen-bond acceptors (Lipinski definition) is 3. The van der Waals surface area contributed by atoms with Crippen molar-refractivity contribution >= 4 is 11.8 Å². The van der Waals surface area contributed by atoms with E-state index in [4.69, 9.17) is 5.73 Å². The number of rotatable bonds is 5. The molecule has 0 radical (unpaired) electrons. The molecule has 0 bridgehead atoms. The minimum absolute atomic E-state index is 0.0378. The Morgan fingerprint density at radius 2 is 1.94 bits per heavy atom. The monoisotopic (exact) mass is 255 g/mol. The minimum Gasteiger partial charge on any atom is -0.353 e. The van der Waals surface area contributed by atoms with Gasteiger partial charge in [0.2, 0.25) is 11.8 Å². The molecule has 1 rings (SSSR count). The molecule has 1 unspecified atom stereocenters. The zero-order valence-electron chi connectivity index (χ0n) is 11.4. The first-order valence-corrected chi connectivity index (χ1v) is 6.92. The van der Waals surface area contributed by atoms with E-state index in [2.05, 4.69) is 5.32 Å². The lowest BCUT2D eigenvalue weighted by Gasteiger charge is -2.33. The lowest BCUT2D eigenvalue weighted by Crippen LogP contribution is -2.50. The number of hydrogen-bond donors (Lipinski definition) is 2. The Labute approximate surface area is 109 Å². The second-order valence-electron chi connectivity index (χ2n) is 4.93. The molecule has 2 amide bonds. The lowest BCUT2D eigenvalue weighted by molar-refractivity contribution is -0.133. The number of likely N-dealkylation sites (tertiary alicyclic amines) is 1. The van der Waals surface area contributed by atoms with Crippen molar-refractivity contribution in [3.8, 4) is 0 Å². The van der Waals surface area contributed by atoms with Gasteiger partial charge in [-0.1, -0.05) is 13.8 Å². The Kier molecular flexibility index (Phi) is 6.12. The summed E-state index contributed by atoms with van der Waals surface area (Å²) in [4.78, 5) is 25.2. The molecular formula is C13H25N3O2. The summed E-state index contributed by atoms with van der Waals surface area (Å²) < 4.78 is 0. The molecule has 1 heterocycles. The van der Waals surface area contributed by atoms with Crippen molar-refractivity contribution in [2.45, 2.75) is 58.0 Å². The van der Waals surface area contributed by atoms with E-state index in [0.29, 0.717) is 25.9 Å². The van der Waals surface area contributed by atoms with Gasteiger partial charge in [0.1, 0.15) is 0 Å². The van der Waals surface area contributed by atoms with Gasteiger partial charge in [-0.25, -0.2) is 0 Å². The quantitative estimate of drug-likeness (QED) is 0.756. The molecule has 18 heavy (non-hydrogen) atoms. The molecule has 3 N–H and O–H groups in total. The molecule has 1 aliphatic rings. The third kappa shape index (κ3) is 4.29.